The molecule has 1 aliphatic rings. The molecule has 3 rings (SSSR count). The Bertz CT molecular complexity index is 690. The molecule has 8 heteroatoms. The van der Waals surface area contributed by atoms with Gasteiger partial charge in [-0.2, -0.15) is 4.31 Å². The second kappa shape index (κ2) is 4.69. The van der Waals surface area contributed by atoms with Crippen LogP contribution >= 0.6 is 11.3 Å². The van der Waals surface area contributed by atoms with Gasteiger partial charge < -0.3 is 4.90 Å². The molecule has 3 heterocycles. The summed E-state index contributed by atoms with van der Waals surface area (Å²) in [6.45, 7) is 2.34. The molecule has 2 aromatic heterocycles. The molecule has 0 spiro atoms. The van der Waals surface area contributed by atoms with Gasteiger partial charge in [0.05, 0.1) is 11.6 Å². The molecule has 0 unspecified atom stereocenters. The first-order chi connectivity index (χ1) is 9.05. The monoisotopic (exact) mass is 298 g/mol. The zero-order chi connectivity index (χ0) is 13.5. The van der Waals surface area contributed by atoms with Gasteiger partial charge in [0.1, 0.15) is 17.0 Å². The van der Waals surface area contributed by atoms with E-state index in [4.69, 9.17) is 0 Å². The average Bonchev–Trinajstić information content (AvgIpc) is 2.86. The van der Waals surface area contributed by atoms with Crippen molar-refractivity contribution >= 4 is 37.4 Å². The summed E-state index contributed by atoms with van der Waals surface area (Å²) >= 11 is 1.59. The van der Waals surface area contributed by atoms with Crippen molar-refractivity contribution in [2.24, 2.45) is 0 Å². The van der Waals surface area contributed by atoms with E-state index in [0.29, 0.717) is 26.2 Å². The topological polar surface area (TPSA) is 66.4 Å². The van der Waals surface area contributed by atoms with Crippen LogP contribution in [-0.2, 0) is 10.0 Å². The summed E-state index contributed by atoms with van der Waals surface area (Å²) in [4.78, 5) is 11.7. The molecule has 2 aromatic rings. The van der Waals surface area contributed by atoms with Crippen LogP contribution < -0.4 is 4.90 Å². The number of aromatic nitrogens is 2. The molecule has 102 valence electrons. The molecule has 0 aromatic carbocycles. The molecule has 6 nitrogen and oxygen atoms in total. The van der Waals surface area contributed by atoms with Gasteiger partial charge in [0.2, 0.25) is 10.0 Å². The zero-order valence-corrected chi connectivity index (χ0v) is 12.1. The number of hydrogen-bond acceptors (Lipinski definition) is 6. The Hall–Kier alpha value is -1.25. The molecule has 0 atom stereocenters. The first-order valence-corrected chi connectivity index (χ1v) is 8.67. The third-order valence-electron chi connectivity index (χ3n) is 3.25. The van der Waals surface area contributed by atoms with Crippen LogP contribution in [0.2, 0.25) is 0 Å². The van der Waals surface area contributed by atoms with E-state index in [0.717, 1.165) is 16.0 Å². The Morgan fingerprint density at radius 3 is 2.63 bits per heavy atom. The van der Waals surface area contributed by atoms with E-state index in [2.05, 4.69) is 14.9 Å². The summed E-state index contributed by atoms with van der Waals surface area (Å²) in [5, 5.41) is 3.04. The third kappa shape index (κ3) is 2.43. The SMILES string of the molecule is CS(=O)(=O)N1CCN(c2ncnc3sccc23)CC1. The molecule has 0 bridgehead atoms. The highest BCUT2D eigenvalue weighted by atomic mass is 32.2. The number of rotatable bonds is 2. The first-order valence-electron chi connectivity index (χ1n) is 5.94. The van der Waals surface area contributed by atoms with Gasteiger partial charge in [0, 0.05) is 26.2 Å². The Labute approximate surface area is 115 Å². The van der Waals surface area contributed by atoms with Gasteiger partial charge in [-0.15, -0.1) is 11.3 Å². The zero-order valence-electron chi connectivity index (χ0n) is 10.5. The quantitative estimate of drug-likeness (QED) is 0.819. The summed E-state index contributed by atoms with van der Waals surface area (Å²) in [6.07, 6.45) is 2.82. The van der Waals surface area contributed by atoms with E-state index in [1.165, 1.54) is 10.6 Å². The fraction of sp³-hybridized carbons (Fsp3) is 0.455. The third-order valence-corrected chi connectivity index (χ3v) is 5.37. The number of piperazine rings is 1. The maximum absolute atomic E-state index is 11.5. The molecular formula is C11H14N4O2S2. The fourth-order valence-electron chi connectivity index (χ4n) is 2.26. The van der Waals surface area contributed by atoms with Gasteiger partial charge in [-0.1, -0.05) is 0 Å². The van der Waals surface area contributed by atoms with Crippen LogP contribution in [0, 0.1) is 0 Å². The molecule has 1 saturated heterocycles. The van der Waals surface area contributed by atoms with E-state index in [1.807, 2.05) is 11.4 Å². The molecule has 0 amide bonds. The lowest BCUT2D eigenvalue weighted by molar-refractivity contribution is 0.387. The van der Waals surface area contributed by atoms with Crippen molar-refractivity contribution in [3.05, 3.63) is 17.8 Å². The van der Waals surface area contributed by atoms with Gasteiger partial charge in [-0.3, -0.25) is 0 Å². The average molecular weight is 298 g/mol. The van der Waals surface area contributed by atoms with Crippen LogP contribution in [0.5, 0.6) is 0 Å². The van der Waals surface area contributed by atoms with Crippen molar-refractivity contribution < 1.29 is 8.42 Å². The molecule has 1 fully saturated rings. The predicted octanol–water partition coefficient (Wildman–Crippen LogP) is 0.773. The van der Waals surface area contributed by atoms with Crippen molar-refractivity contribution in [3.8, 4) is 0 Å². The van der Waals surface area contributed by atoms with Crippen molar-refractivity contribution in [3.63, 3.8) is 0 Å². The van der Waals surface area contributed by atoms with Gasteiger partial charge in [0.25, 0.3) is 0 Å². The number of fused-ring (bicyclic) bond motifs is 1. The highest BCUT2D eigenvalue weighted by Crippen LogP contribution is 2.27. The van der Waals surface area contributed by atoms with E-state index >= 15 is 0 Å². The van der Waals surface area contributed by atoms with Crippen LogP contribution in [0.3, 0.4) is 0 Å². The van der Waals surface area contributed by atoms with E-state index in [-0.39, 0.29) is 0 Å². The van der Waals surface area contributed by atoms with Crippen LogP contribution in [0.15, 0.2) is 17.8 Å². The maximum atomic E-state index is 11.5. The first kappa shape index (κ1) is 12.8. The summed E-state index contributed by atoms with van der Waals surface area (Å²) in [6, 6.07) is 2.01. The fourth-order valence-corrected chi connectivity index (χ4v) is 3.81. The van der Waals surface area contributed by atoms with Crippen LogP contribution in [0.4, 0.5) is 5.82 Å². The largest absolute Gasteiger partial charge is 0.353 e. The van der Waals surface area contributed by atoms with E-state index in [1.54, 1.807) is 17.7 Å². The minimum absolute atomic E-state index is 0.508. The maximum Gasteiger partial charge on any atom is 0.211 e. The van der Waals surface area contributed by atoms with Gasteiger partial charge >= 0.3 is 0 Å². The van der Waals surface area contributed by atoms with Crippen LogP contribution in [0.1, 0.15) is 0 Å². The Morgan fingerprint density at radius 1 is 1.21 bits per heavy atom. The van der Waals surface area contributed by atoms with Crippen molar-refractivity contribution in [2.75, 3.05) is 37.3 Å². The normalized spacial score (nSPS) is 18.1. The standard InChI is InChI=1S/C11H14N4O2S2/c1-19(16,17)15-5-3-14(4-6-15)10-9-2-7-18-11(9)13-8-12-10/h2,7-8H,3-6H2,1H3. The highest BCUT2D eigenvalue weighted by Gasteiger charge is 2.25. The molecule has 0 aliphatic carbocycles. The Morgan fingerprint density at radius 2 is 1.95 bits per heavy atom. The minimum Gasteiger partial charge on any atom is -0.353 e. The summed E-state index contributed by atoms with van der Waals surface area (Å²) in [7, 11) is -3.09. The van der Waals surface area contributed by atoms with E-state index < -0.39 is 10.0 Å². The number of hydrogen-bond donors (Lipinski definition) is 0. The van der Waals surface area contributed by atoms with Crippen LogP contribution in [-0.4, -0.2) is 55.1 Å². The summed E-state index contributed by atoms with van der Waals surface area (Å²) < 4.78 is 24.5. The summed E-state index contributed by atoms with van der Waals surface area (Å²) in [5.74, 6) is 0.902. The predicted molar refractivity (Wildman–Crippen MR) is 76.0 cm³/mol. The molecular weight excluding hydrogens is 284 g/mol. The second-order valence-electron chi connectivity index (χ2n) is 4.49. The van der Waals surface area contributed by atoms with Crippen LogP contribution in [0.25, 0.3) is 10.2 Å². The molecule has 0 saturated carbocycles. The van der Waals surface area contributed by atoms with Crippen molar-refractivity contribution in [1.29, 1.82) is 0 Å². The second-order valence-corrected chi connectivity index (χ2v) is 7.36. The van der Waals surface area contributed by atoms with E-state index in [9.17, 15) is 8.42 Å². The Kier molecular flexibility index (Phi) is 3.15. The minimum atomic E-state index is -3.09. The highest BCUT2D eigenvalue weighted by molar-refractivity contribution is 7.88. The number of nitrogens with zero attached hydrogens (tertiary/aromatic N) is 4. The van der Waals surface area contributed by atoms with Gasteiger partial charge in [-0.25, -0.2) is 18.4 Å². The smallest absolute Gasteiger partial charge is 0.211 e. The van der Waals surface area contributed by atoms with Crippen molar-refractivity contribution in [1.82, 2.24) is 14.3 Å². The lowest BCUT2D eigenvalue weighted by atomic mass is 10.3. The molecule has 0 radical (unpaired) electrons. The van der Waals surface area contributed by atoms with Gasteiger partial charge in [0.15, 0.2) is 0 Å². The van der Waals surface area contributed by atoms with Crippen molar-refractivity contribution in [2.45, 2.75) is 0 Å². The molecule has 0 N–H and O–H groups in total. The van der Waals surface area contributed by atoms with Gasteiger partial charge in [-0.05, 0) is 11.4 Å². The number of sulfonamides is 1. The summed E-state index contributed by atoms with van der Waals surface area (Å²) in [5.41, 5.74) is 0. The molecule has 1 aliphatic heterocycles. The number of thiophene rings is 1. The number of anilines is 1. The molecule has 19 heavy (non-hydrogen) atoms. The lowest BCUT2D eigenvalue weighted by Gasteiger charge is -2.34. The lowest BCUT2D eigenvalue weighted by Crippen LogP contribution is -2.48. The Balaban J connectivity index is 1.84.